The van der Waals surface area contributed by atoms with Gasteiger partial charge in [0.15, 0.2) is 6.61 Å². The summed E-state index contributed by atoms with van der Waals surface area (Å²) in [6.45, 7) is 7.27. The van der Waals surface area contributed by atoms with Gasteiger partial charge in [-0.3, -0.25) is 4.79 Å². The van der Waals surface area contributed by atoms with Crippen LogP contribution in [0.2, 0.25) is 0 Å². The summed E-state index contributed by atoms with van der Waals surface area (Å²) in [6, 6.07) is 6.88. The largest absolute Gasteiger partial charge is 0.465 e. The topological polar surface area (TPSA) is 78.9 Å². The van der Waals surface area contributed by atoms with Crippen molar-refractivity contribution in [3.63, 3.8) is 0 Å². The second kappa shape index (κ2) is 11.8. The van der Waals surface area contributed by atoms with E-state index in [1.807, 2.05) is 6.92 Å². The average molecular weight is 362 g/mol. The fourth-order valence-electron chi connectivity index (χ4n) is 2.01. The van der Waals surface area contributed by atoms with E-state index in [1.54, 1.807) is 24.3 Å². The van der Waals surface area contributed by atoms with E-state index in [1.165, 1.54) is 0 Å². The Labute approximate surface area is 154 Å². The molecule has 0 unspecified atom stereocenters. The van der Waals surface area contributed by atoms with Crippen LogP contribution in [0, 0.1) is 6.92 Å². The molecule has 0 heterocycles. The Morgan fingerprint density at radius 2 is 1.65 bits per heavy atom. The number of carbonyl (C=O) groups excluding carboxylic acids is 3. The first kappa shape index (κ1) is 21.4. The van der Waals surface area contributed by atoms with Gasteiger partial charge in [-0.25, -0.2) is 9.59 Å². The second-order valence-electron chi connectivity index (χ2n) is 5.92. The number of benzene rings is 1. The fraction of sp³-hybridized carbons (Fsp3) is 0.450. The highest BCUT2D eigenvalue weighted by molar-refractivity contribution is 5.94. The van der Waals surface area contributed by atoms with Crippen molar-refractivity contribution in [2.24, 2.45) is 0 Å². The van der Waals surface area contributed by atoms with Gasteiger partial charge in [-0.05, 0) is 25.5 Å². The maximum absolute atomic E-state index is 11.8. The number of aryl methyl sites for hydroxylation is 1. The molecule has 0 aliphatic heterocycles. The minimum atomic E-state index is -0.825. The lowest BCUT2D eigenvalue weighted by atomic mass is 10.2. The van der Waals surface area contributed by atoms with Crippen molar-refractivity contribution in [3.8, 4) is 5.75 Å². The van der Waals surface area contributed by atoms with E-state index < -0.39 is 24.5 Å². The summed E-state index contributed by atoms with van der Waals surface area (Å²) in [5.41, 5.74) is 0.969. The summed E-state index contributed by atoms with van der Waals surface area (Å²) in [5, 5.41) is 0. The summed E-state index contributed by atoms with van der Waals surface area (Å²) in [6.07, 6.45) is 3.72. The molecular formula is C20H26O6. The highest BCUT2D eigenvalue weighted by Crippen LogP contribution is 2.12. The van der Waals surface area contributed by atoms with Crippen LogP contribution in [0.5, 0.6) is 5.75 Å². The SMILES string of the molecule is C=C(CC(=O)OCCCCCC)C(=O)OCC(=O)Oc1ccc(C)cc1. The third-order valence-corrected chi connectivity index (χ3v) is 3.48. The molecule has 0 aromatic heterocycles. The lowest BCUT2D eigenvalue weighted by Gasteiger charge is -2.08. The van der Waals surface area contributed by atoms with Crippen LogP contribution in [0.4, 0.5) is 0 Å². The molecule has 0 fully saturated rings. The third-order valence-electron chi connectivity index (χ3n) is 3.48. The van der Waals surface area contributed by atoms with Crippen LogP contribution in [0.1, 0.15) is 44.6 Å². The predicted molar refractivity (Wildman–Crippen MR) is 96.6 cm³/mol. The zero-order valence-electron chi connectivity index (χ0n) is 15.4. The minimum Gasteiger partial charge on any atom is -0.465 e. The number of esters is 3. The van der Waals surface area contributed by atoms with Crippen LogP contribution < -0.4 is 4.74 Å². The zero-order chi connectivity index (χ0) is 19.4. The summed E-state index contributed by atoms with van der Waals surface area (Å²) in [5.74, 6) is -1.71. The van der Waals surface area contributed by atoms with Gasteiger partial charge in [-0.15, -0.1) is 0 Å². The van der Waals surface area contributed by atoms with Crippen LogP contribution in [-0.2, 0) is 23.9 Å². The van der Waals surface area contributed by atoms with Crippen molar-refractivity contribution in [2.75, 3.05) is 13.2 Å². The normalized spacial score (nSPS) is 10.1. The Morgan fingerprint density at radius 1 is 0.962 bits per heavy atom. The Balaban J connectivity index is 2.24. The number of unbranched alkanes of at least 4 members (excludes halogenated alkanes) is 3. The molecule has 0 N–H and O–H groups in total. The van der Waals surface area contributed by atoms with Crippen molar-refractivity contribution in [1.29, 1.82) is 0 Å². The number of carbonyl (C=O) groups is 3. The summed E-state index contributed by atoms with van der Waals surface area (Å²) in [7, 11) is 0. The molecular weight excluding hydrogens is 336 g/mol. The minimum absolute atomic E-state index is 0.0632. The molecule has 1 rings (SSSR count). The van der Waals surface area contributed by atoms with Gasteiger partial charge < -0.3 is 14.2 Å². The van der Waals surface area contributed by atoms with Crippen LogP contribution in [0.25, 0.3) is 0 Å². The van der Waals surface area contributed by atoms with Gasteiger partial charge in [0.2, 0.25) is 0 Å². The molecule has 0 atom stereocenters. The van der Waals surface area contributed by atoms with Crippen molar-refractivity contribution in [1.82, 2.24) is 0 Å². The lowest BCUT2D eigenvalue weighted by molar-refractivity contribution is -0.152. The molecule has 0 bridgehead atoms. The zero-order valence-corrected chi connectivity index (χ0v) is 15.4. The van der Waals surface area contributed by atoms with Gasteiger partial charge in [0.05, 0.1) is 13.0 Å². The van der Waals surface area contributed by atoms with Crippen LogP contribution in [0.15, 0.2) is 36.4 Å². The van der Waals surface area contributed by atoms with E-state index in [9.17, 15) is 14.4 Å². The van der Waals surface area contributed by atoms with Gasteiger partial charge in [-0.2, -0.15) is 0 Å². The lowest BCUT2D eigenvalue weighted by Crippen LogP contribution is -2.20. The number of rotatable bonds is 11. The number of ether oxygens (including phenoxy) is 3. The molecule has 0 saturated heterocycles. The average Bonchev–Trinajstić information content (AvgIpc) is 2.61. The van der Waals surface area contributed by atoms with Gasteiger partial charge >= 0.3 is 17.9 Å². The molecule has 142 valence electrons. The summed E-state index contributed by atoms with van der Waals surface area (Å²) >= 11 is 0. The first-order chi connectivity index (χ1) is 12.4. The fourth-order valence-corrected chi connectivity index (χ4v) is 2.01. The molecule has 0 aliphatic carbocycles. The second-order valence-corrected chi connectivity index (χ2v) is 5.92. The van der Waals surface area contributed by atoms with Crippen LogP contribution in [-0.4, -0.2) is 31.1 Å². The molecule has 0 amide bonds. The van der Waals surface area contributed by atoms with Crippen molar-refractivity contribution < 1.29 is 28.6 Å². The van der Waals surface area contributed by atoms with Crippen LogP contribution >= 0.6 is 0 Å². The van der Waals surface area contributed by atoms with Crippen LogP contribution in [0.3, 0.4) is 0 Å². The van der Waals surface area contributed by atoms with Gasteiger partial charge in [-0.1, -0.05) is 50.5 Å². The predicted octanol–water partition coefficient (Wildman–Crippen LogP) is 3.51. The highest BCUT2D eigenvalue weighted by Gasteiger charge is 2.16. The van der Waals surface area contributed by atoms with E-state index in [4.69, 9.17) is 14.2 Å². The summed E-state index contributed by atoms with van der Waals surface area (Å²) in [4.78, 5) is 35.0. The van der Waals surface area contributed by atoms with Gasteiger partial charge in [0.1, 0.15) is 5.75 Å². The Hall–Kier alpha value is -2.63. The smallest absolute Gasteiger partial charge is 0.349 e. The number of hydrogen-bond donors (Lipinski definition) is 0. The van der Waals surface area contributed by atoms with Crippen molar-refractivity contribution >= 4 is 17.9 Å². The van der Waals surface area contributed by atoms with E-state index in [-0.39, 0.29) is 12.0 Å². The molecule has 6 heteroatoms. The first-order valence-electron chi connectivity index (χ1n) is 8.70. The monoisotopic (exact) mass is 362 g/mol. The molecule has 0 saturated carbocycles. The Kier molecular flexibility index (Phi) is 9.75. The molecule has 1 aromatic rings. The molecule has 0 aliphatic rings. The standard InChI is InChI=1S/C20H26O6/c1-4-5-6-7-12-24-18(21)13-16(3)20(23)25-14-19(22)26-17-10-8-15(2)9-11-17/h8-11H,3-7,12-14H2,1-2H3. The third kappa shape index (κ3) is 9.01. The van der Waals surface area contributed by atoms with Crippen molar-refractivity contribution in [3.05, 3.63) is 42.0 Å². The quantitative estimate of drug-likeness (QED) is 0.259. The van der Waals surface area contributed by atoms with Crippen molar-refractivity contribution in [2.45, 2.75) is 46.0 Å². The van der Waals surface area contributed by atoms with E-state index >= 15 is 0 Å². The van der Waals surface area contributed by atoms with E-state index in [0.717, 1.165) is 31.2 Å². The molecule has 1 aromatic carbocycles. The Morgan fingerprint density at radius 3 is 2.31 bits per heavy atom. The van der Waals surface area contributed by atoms with Gasteiger partial charge in [0, 0.05) is 5.57 Å². The van der Waals surface area contributed by atoms with E-state index in [0.29, 0.717) is 12.4 Å². The van der Waals surface area contributed by atoms with E-state index in [2.05, 4.69) is 13.5 Å². The molecule has 26 heavy (non-hydrogen) atoms. The Bertz CT molecular complexity index is 618. The molecule has 0 radical (unpaired) electrons. The first-order valence-corrected chi connectivity index (χ1v) is 8.70. The number of hydrogen-bond acceptors (Lipinski definition) is 6. The molecule has 6 nitrogen and oxygen atoms in total. The maximum Gasteiger partial charge on any atom is 0.349 e. The molecule has 0 spiro atoms. The summed E-state index contributed by atoms with van der Waals surface area (Å²) < 4.78 is 14.9. The highest BCUT2D eigenvalue weighted by atomic mass is 16.6. The van der Waals surface area contributed by atoms with Gasteiger partial charge in [0.25, 0.3) is 0 Å². The maximum atomic E-state index is 11.8.